The minimum atomic E-state index is -2.15. The summed E-state index contributed by atoms with van der Waals surface area (Å²) in [5.74, 6) is -0.926. The molecule has 188 valence electrons. The van der Waals surface area contributed by atoms with Crippen molar-refractivity contribution < 1.29 is 33.0 Å². The average molecular weight is 496 g/mol. The second-order valence-corrected chi connectivity index (χ2v) is 14.5. The van der Waals surface area contributed by atoms with Crippen LogP contribution in [0.15, 0.2) is 6.33 Å². The van der Waals surface area contributed by atoms with E-state index >= 15 is 0 Å². The van der Waals surface area contributed by atoms with E-state index in [1.54, 1.807) is 4.57 Å². The molecule has 0 unspecified atom stereocenters. The molecule has 2 aromatic heterocycles. The molecular weight excluding hydrogens is 462 g/mol. The number of hydrogen-bond acceptors (Lipinski definition) is 11. The van der Waals surface area contributed by atoms with Crippen LogP contribution in [0.3, 0.4) is 0 Å². The first-order valence-corrected chi connectivity index (χ1v) is 13.8. The smallest absolute Gasteiger partial charge is 0.303 e. The number of hydrogen-bond donors (Lipinski definition) is 1. The number of imidazole rings is 1. The fourth-order valence-electron chi connectivity index (χ4n) is 3.46. The van der Waals surface area contributed by atoms with Crippen molar-refractivity contribution in [3.63, 3.8) is 0 Å². The zero-order chi connectivity index (χ0) is 25.4. The van der Waals surface area contributed by atoms with E-state index in [0.29, 0.717) is 11.2 Å². The van der Waals surface area contributed by atoms with Crippen LogP contribution in [0.2, 0.25) is 18.1 Å². The van der Waals surface area contributed by atoms with E-state index in [4.69, 9.17) is 29.1 Å². The van der Waals surface area contributed by atoms with Gasteiger partial charge in [0.25, 0.3) is 0 Å². The first-order valence-electron chi connectivity index (χ1n) is 10.9. The fourth-order valence-corrected chi connectivity index (χ4v) is 4.47. The number of aromatic nitrogens is 4. The summed E-state index contributed by atoms with van der Waals surface area (Å²) < 4.78 is 30.6. The second-order valence-electron chi connectivity index (χ2n) is 9.70. The Hall–Kier alpha value is -2.77. The number of carbonyl (C=O) groups is 2. The predicted molar refractivity (Wildman–Crippen MR) is 124 cm³/mol. The summed E-state index contributed by atoms with van der Waals surface area (Å²) >= 11 is 0. The van der Waals surface area contributed by atoms with E-state index in [0.717, 1.165) is 0 Å². The highest BCUT2D eigenvalue weighted by Crippen LogP contribution is 2.40. The first kappa shape index (κ1) is 25.8. The molecule has 0 spiro atoms. The Kier molecular flexibility index (Phi) is 7.19. The Morgan fingerprint density at radius 1 is 1.15 bits per heavy atom. The molecule has 3 rings (SSSR count). The Bertz CT molecular complexity index is 1070. The summed E-state index contributed by atoms with van der Waals surface area (Å²) in [6.45, 7) is 13.3. The van der Waals surface area contributed by atoms with Gasteiger partial charge in [0.05, 0.1) is 20.0 Å². The van der Waals surface area contributed by atoms with E-state index in [9.17, 15) is 9.59 Å². The van der Waals surface area contributed by atoms with Gasteiger partial charge < -0.3 is 29.1 Å². The molecule has 0 saturated carbocycles. The van der Waals surface area contributed by atoms with Crippen LogP contribution in [0.5, 0.6) is 5.88 Å². The average Bonchev–Trinajstić information content (AvgIpc) is 3.26. The maximum absolute atomic E-state index is 12.0. The minimum Gasteiger partial charge on any atom is -0.479 e. The summed E-state index contributed by atoms with van der Waals surface area (Å²) in [5.41, 5.74) is 6.52. The highest BCUT2D eigenvalue weighted by Gasteiger charge is 2.51. The van der Waals surface area contributed by atoms with E-state index in [-0.39, 0.29) is 23.5 Å². The molecule has 1 saturated heterocycles. The van der Waals surface area contributed by atoms with Crippen LogP contribution in [-0.4, -0.2) is 71.8 Å². The van der Waals surface area contributed by atoms with Crippen molar-refractivity contribution in [3.8, 4) is 5.88 Å². The molecule has 4 atom stereocenters. The van der Waals surface area contributed by atoms with E-state index < -0.39 is 44.8 Å². The Labute approximate surface area is 199 Å². The zero-order valence-corrected chi connectivity index (χ0v) is 21.8. The van der Waals surface area contributed by atoms with Gasteiger partial charge in [0.2, 0.25) is 11.8 Å². The van der Waals surface area contributed by atoms with Gasteiger partial charge in [-0.2, -0.15) is 9.97 Å². The Balaban J connectivity index is 2.02. The number of rotatable bonds is 7. The standard InChI is InChI=1S/C21H33N5O7Si/c1-11(27)31-15-13(9-30-34(7,8)21(3,4)5)33-19(16(15)32-12(2)28)26-10-23-14-17(26)24-20(22)25-18(14)29-6/h10,13,15-16,19H,9H2,1-8H3,(H2,22,24,25)/t13-,15-,16+,19-/m1/s1. The summed E-state index contributed by atoms with van der Waals surface area (Å²) in [7, 11) is -0.705. The molecule has 2 N–H and O–H groups in total. The molecule has 1 aliphatic heterocycles. The van der Waals surface area contributed by atoms with Crippen LogP contribution >= 0.6 is 0 Å². The van der Waals surface area contributed by atoms with Crippen LogP contribution in [0.1, 0.15) is 40.8 Å². The van der Waals surface area contributed by atoms with Gasteiger partial charge >= 0.3 is 11.9 Å². The van der Waals surface area contributed by atoms with Crippen LogP contribution < -0.4 is 10.5 Å². The quantitative estimate of drug-likeness (QED) is 0.445. The Morgan fingerprint density at radius 2 is 1.76 bits per heavy atom. The van der Waals surface area contributed by atoms with Gasteiger partial charge in [0.15, 0.2) is 37.9 Å². The van der Waals surface area contributed by atoms with Gasteiger partial charge in [0, 0.05) is 13.8 Å². The molecular formula is C21H33N5O7Si. The lowest BCUT2D eigenvalue weighted by Gasteiger charge is -2.37. The molecule has 34 heavy (non-hydrogen) atoms. The minimum absolute atomic E-state index is 0.0255. The maximum Gasteiger partial charge on any atom is 0.303 e. The number of ether oxygens (including phenoxy) is 4. The van der Waals surface area contributed by atoms with Crippen molar-refractivity contribution in [1.82, 2.24) is 19.5 Å². The number of fused-ring (bicyclic) bond motifs is 1. The lowest BCUT2D eigenvalue weighted by molar-refractivity contribution is -0.165. The van der Waals surface area contributed by atoms with Crippen molar-refractivity contribution >= 4 is 37.4 Å². The third-order valence-electron chi connectivity index (χ3n) is 6.18. The molecule has 13 heteroatoms. The molecule has 1 fully saturated rings. The first-order chi connectivity index (χ1) is 15.7. The van der Waals surface area contributed by atoms with Crippen molar-refractivity contribution in [2.24, 2.45) is 0 Å². The third kappa shape index (κ3) is 5.15. The fraction of sp³-hybridized carbons (Fsp3) is 0.667. The number of nitrogens with zero attached hydrogens (tertiary/aromatic N) is 4. The summed E-state index contributed by atoms with van der Waals surface area (Å²) in [6, 6.07) is 0. The predicted octanol–water partition coefficient (Wildman–Crippen LogP) is 2.20. The number of esters is 2. The van der Waals surface area contributed by atoms with E-state index in [1.807, 2.05) is 0 Å². The largest absolute Gasteiger partial charge is 0.479 e. The summed E-state index contributed by atoms with van der Waals surface area (Å²) in [4.78, 5) is 36.6. The molecule has 2 aromatic rings. The van der Waals surface area contributed by atoms with Gasteiger partial charge in [0.1, 0.15) is 6.10 Å². The topological polar surface area (TPSA) is 150 Å². The molecule has 0 aromatic carbocycles. The highest BCUT2D eigenvalue weighted by atomic mass is 28.4. The van der Waals surface area contributed by atoms with Crippen LogP contribution in [0.25, 0.3) is 11.2 Å². The maximum atomic E-state index is 12.0. The van der Waals surface area contributed by atoms with Gasteiger partial charge in [-0.1, -0.05) is 20.8 Å². The van der Waals surface area contributed by atoms with Crippen molar-refractivity contribution in [1.29, 1.82) is 0 Å². The SMILES string of the molecule is COc1nc(N)nc2c1ncn2[C@@H]1O[C@H](CO[Si](C)(C)C(C)(C)C)[C@@H](OC(C)=O)[C@@H]1OC(C)=O. The lowest BCUT2D eigenvalue weighted by atomic mass is 10.1. The van der Waals surface area contributed by atoms with Crippen LogP contribution in [0.4, 0.5) is 5.95 Å². The van der Waals surface area contributed by atoms with Gasteiger partial charge in [-0.05, 0) is 18.1 Å². The molecule has 0 amide bonds. The molecule has 0 bridgehead atoms. The number of nitrogen functional groups attached to an aromatic ring is 1. The van der Waals surface area contributed by atoms with Crippen molar-refractivity contribution in [2.45, 2.75) is 77.3 Å². The molecule has 12 nitrogen and oxygen atoms in total. The van der Waals surface area contributed by atoms with Crippen LogP contribution in [0, 0.1) is 0 Å². The van der Waals surface area contributed by atoms with Crippen molar-refractivity contribution in [3.05, 3.63) is 6.33 Å². The second kappa shape index (κ2) is 9.47. The number of carbonyl (C=O) groups excluding carboxylic acids is 2. The highest BCUT2D eigenvalue weighted by molar-refractivity contribution is 6.74. The lowest BCUT2D eigenvalue weighted by Crippen LogP contribution is -2.46. The van der Waals surface area contributed by atoms with Crippen molar-refractivity contribution in [2.75, 3.05) is 19.5 Å². The molecule has 3 heterocycles. The number of nitrogens with two attached hydrogens (primary N) is 1. The molecule has 1 aliphatic rings. The zero-order valence-electron chi connectivity index (χ0n) is 20.8. The van der Waals surface area contributed by atoms with E-state index in [2.05, 4.69) is 48.8 Å². The van der Waals surface area contributed by atoms with E-state index in [1.165, 1.54) is 27.3 Å². The third-order valence-corrected chi connectivity index (χ3v) is 10.7. The van der Waals surface area contributed by atoms with Gasteiger partial charge in [-0.3, -0.25) is 14.2 Å². The molecule has 0 radical (unpaired) electrons. The summed E-state index contributed by atoms with van der Waals surface area (Å²) in [6.07, 6.45) is -2.04. The number of methoxy groups -OCH3 is 1. The van der Waals surface area contributed by atoms with Gasteiger partial charge in [-0.15, -0.1) is 0 Å². The molecule has 0 aliphatic carbocycles. The van der Waals surface area contributed by atoms with Gasteiger partial charge in [-0.25, -0.2) is 4.98 Å². The number of anilines is 1. The van der Waals surface area contributed by atoms with Crippen LogP contribution in [-0.2, 0) is 28.2 Å². The summed E-state index contributed by atoms with van der Waals surface area (Å²) in [5, 5.41) is -0.0389. The monoisotopic (exact) mass is 495 g/mol. The Morgan fingerprint density at radius 3 is 2.32 bits per heavy atom. The normalized spacial score (nSPS) is 23.2.